The lowest BCUT2D eigenvalue weighted by atomic mass is 10.1. The molecule has 0 spiro atoms. The van der Waals surface area contributed by atoms with Crippen LogP contribution in [0.5, 0.6) is 0 Å². The van der Waals surface area contributed by atoms with E-state index in [1.165, 1.54) is 6.07 Å². The number of hydrogen-bond donors (Lipinski definition) is 2. The molecule has 0 radical (unpaired) electrons. The maximum Gasteiger partial charge on any atom is 0.337 e. The van der Waals surface area contributed by atoms with E-state index in [1.807, 2.05) is 13.8 Å². The van der Waals surface area contributed by atoms with Gasteiger partial charge in [0.2, 0.25) is 0 Å². The average molecular weight is 276 g/mol. The highest BCUT2D eigenvalue weighted by Gasteiger charge is 2.17. The number of carboxylic acid groups (broad SMARTS) is 1. The van der Waals surface area contributed by atoms with Crippen molar-refractivity contribution in [1.82, 2.24) is 0 Å². The first-order chi connectivity index (χ1) is 7.99. The van der Waals surface area contributed by atoms with E-state index in [1.54, 1.807) is 6.07 Å². The van der Waals surface area contributed by atoms with Gasteiger partial charge in [-0.15, -0.1) is 0 Å². The van der Waals surface area contributed by atoms with E-state index in [9.17, 15) is 4.79 Å². The highest BCUT2D eigenvalue weighted by Crippen LogP contribution is 2.31. The van der Waals surface area contributed by atoms with Gasteiger partial charge in [-0.2, -0.15) is 0 Å². The molecular formula is C12H15Cl2NO2. The maximum atomic E-state index is 11.1. The fourth-order valence-corrected chi connectivity index (χ4v) is 2.13. The molecule has 2 N–H and O–H groups in total. The lowest BCUT2D eigenvalue weighted by molar-refractivity contribution is 0.0698. The molecule has 1 rings (SSSR count). The van der Waals surface area contributed by atoms with Gasteiger partial charge in [-0.3, -0.25) is 0 Å². The average Bonchev–Trinajstić information content (AvgIpc) is 2.27. The van der Waals surface area contributed by atoms with E-state index in [0.717, 1.165) is 12.8 Å². The van der Waals surface area contributed by atoms with Gasteiger partial charge in [0.25, 0.3) is 0 Å². The van der Waals surface area contributed by atoms with Crippen molar-refractivity contribution in [3.8, 4) is 0 Å². The molecule has 94 valence electrons. The summed E-state index contributed by atoms with van der Waals surface area (Å²) in [5, 5.41) is 12.9. The molecule has 0 unspecified atom stereocenters. The first kappa shape index (κ1) is 14.1. The molecule has 0 aliphatic carbocycles. The van der Waals surface area contributed by atoms with Gasteiger partial charge in [0, 0.05) is 11.1 Å². The summed E-state index contributed by atoms with van der Waals surface area (Å²) in [6, 6.07) is 3.15. The number of halogens is 2. The van der Waals surface area contributed by atoms with Gasteiger partial charge < -0.3 is 10.4 Å². The van der Waals surface area contributed by atoms with Crippen molar-refractivity contribution in [2.75, 3.05) is 5.32 Å². The monoisotopic (exact) mass is 275 g/mol. The highest BCUT2D eigenvalue weighted by atomic mass is 35.5. The highest BCUT2D eigenvalue weighted by molar-refractivity contribution is 6.37. The zero-order valence-corrected chi connectivity index (χ0v) is 11.3. The molecule has 0 aromatic heterocycles. The minimum atomic E-state index is -1.04. The fourth-order valence-electron chi connectivity index (χ4n) is 1.59. The maximum absolute atomic E-state index is 11.1. The number of benzene rings is 1. The second kappa shape index (κ2) is 6.12. The number of carbonyl (C=O) groups is 1. The van der Waals surface area contributed by atoms with E-state index >= 15 is 0 Å². The van der Waals surface area contributed by atoms with E-state index in [-0.39, 0.29) is 11.6 Å². The minimum absolute atomic E-state index is 0.106. The Morgan fingerprint density at radius 1 is 1.35 bits per heavy atom. The molecule has 5 heteroatoms. The summed E-state index contributed by atoms with van der Waals surface area (Å²) in [5.41, 5.74) is 0.548. The molecule has 0 aliphatic rings. The number of aromatic carboxylic acids is 1. The Balaban J connectivity index is 3.16. The molecule has 0 aliphatic heterocycles. The number of hydrogen-bond acceptors (Lipinski definition) is 2. The minimum Gasteiger partial charge on any atom is -0.478 e. The quantitative estimate of drug-likeness (QED) is 0.843. The van der Waals surface area contributed by atoms with Gasteiger partial charge in [0.1, 0.15) is 0 Å². The summed E-state index contributed by atoms with van der Waals surface area (Å²) in [6.45, 7) is 4.07. The van der Waals surface area contributed by atoms with Gasteiger partial charge >= 0.3 is 5.97 Å². The second-order valence-electron chi connectivity index (χ2n) is 3.77. The Bertz CT molecular complexity index is 417. The van der Waals surface area contributed by atoms with Crippen LogP contribution in [0.4, 0.5) is 5.69 Å². The van der Waals surface area contributed by atoms with Crippen LogP contribution in [0.2, 0.25) is 10.0 Å². The molecule has 0 fully saturated rings. The second-order valence-corrected chi connectivity index (χ2v) is 4.62. The molecule has 1 aromatic carbocycles. The summed E-state index contributed by atoms with van der Waals surface area (Å²) in [5.74, 6) is -1.04. The number of carboxylic acids is 1. The zero-order chi connectivity index (χ0) is 13.0. The Morgan fingerprint density at radius 3 is 2.41 bits per heavy atom. The molecule has 17 heavy (non-hydrogen) atoms. The summed E-state index contributed by atoms with van der Waals surface area (Å²) in [7, 11) is 0. The SMILES string of the molecule is CCC(CC)Nc1c(Cl)cc(Cl)cc1C(=O)O. The van der Waals surface area contributed by atoms with Crippen molar-refractivity contribution in [2.45, 2.75) is 32.7 Å². The lowest BCUT2D eigenvalue weighted by Gasteiger charge is -2.19. The Labute approximate surface area is 111 Å². The van der Waals surface area contributed by atoms with Gasteiger partial charge in [0.05, 0.1) is 16.3 Å². The van der Waals surface area contributed by atoms with Gasteiger partial charge in [-0.25, -0.2) is 4.79 Å². The molecule has 0 saturated carbocycles. The zero-order valence-electron chi connectivity index (χ0n) is 9.76. The van der Waals surface area contributed by atoms with Crippen molar-refractivity contribution < 1.29 is 9.90 Å². The number of nitrogens with one attached hydrogen (secondary N) is 1. The van der Waals surface area contributed by atoms with Gasteiger partial charge in [-0.05, 0) is 25.0 Å². The van der Waals surface area contributed by atoms with Crippen molar-refractivity contribution in [1.29, 1.82) is 0 Å². The van der Waals surface area contributed by atoms with Crippen LogP contribution in [0, 0.1) is 0 Å². The third-order valence-electron chi connectivity index (χ3n) is 2.62. The molecule has 3 nitrogen and oxygen atoms in total. The molecule has 0 heterocycles. The number of rotatable bonds is 5. The topological polar surface area (TPSA) is 49.3 Å². The van der Waals surface area contributed by atoms with Crippen molar-refractivity contribution in [3.63, 3.8) is 0 Å². The smallest absolute Gasteiger partial charge is 0.337 e. The Morgan fingerprint density at radius 2 is 1.94 bits per heavy atom. The van der Waals surface area contributed by atoms with Crippen LogP contribution < -0.4 is 5.32 Å². The molecule has 0 saturated heterocycles. The molecule has 0 atom stereocenters. The van der Waals surface area contributed by atoms with E-state index < -0.39 is 5.97 Å². The summed E-state index contributed by atoms with van der Waals surface area (Å²) < 4.78 is 0. The predicted molar refractivity (Wildman–Crippen MR) is 71.4 cm³/mol. The first-order valence-corrected chi connectivity index (χ1v) is 6.24. The van der Waals surface area contributed by atoms with Crippen molar-refractivity contribution in [2.24, 2.45) is 0 Å². The first-order valence-electron chi connectivity index (χ1n) is 5.48. The molecular weight excluding hydrogens is 261 g/mol. The van der Waals surface area contributed by atoms with Gasteiger partial charge in [0.15, 0.2) is 0 Å². The number of anilines is 1. The largest absolute Gasteiger partial charge is 0.478 e. The van der Waals surface area contributed by atoms with E-state index in [4.69, 9.17) is 28.3 Å². The van der Waals surface area contributed by atoms with Crippen molar-refractivity contribution in [3.05, 3.63) is 27.7 Å². The van der Waals surface area contributed by atoms with Crippen LogP contribution in [-0.4, -0.2) is 17.1 Å². The third kappa shape index (κ3) is 3.51. The normalized spacial score (nSPS) is 10.6. The fraction of sp³-hybridized carbons (Fsp3) is 0.417. The lowest BCUT2D eigenvalue weighted by Crippen LogP contribution is -2.19. The Hall–Kier alpha value is -0.930. The van der Waals surface area contributed by atoms with Crippen LogP contribution >= 0.6 is 23.2 Å². The van der Waals surface area contributed by atoms with Crippen LogP contribution in [-0.2, 0) is 0 Å². The van der Waals surface area contributed by atoms with Crippen LogP contribution in [0.1, 0.15) is 37.0 Å². The molecule has 1 aromatic rings. The molecule has 0 amide bonds. The van der Waals surface area contributed by atoms with E-state index in [0.29, 0.717) is 15.7 Å². The van der Waals surface area contributed by atoms with Crippen molar-refractivity contribution >= 4 is 34.9 Å². The Kier molecular flexibility index (Phi) is 5.09. The van der Waals surface area contributed by atoms with E-state index in [2.05, 4.69) is 5.32 Å². The molecule has 0 bridgehead atoms. The standard InChI is InChI=1S/C12H15Cl2NO2/c1-3-8(4-2)15-11-9(12(16)17)5-7(13)6-10(11)14/h5-6,8,15H,3-4H2,1-2H3,(H,16,17). The summed E-state index contributed by atoms with van der Waals surface area (Å²) in [4.78, 5) is 11.1. The summed E-state index contributed by atoms with van der Waals surface area (Å²) >= 11 is 11.8. The van der Waals surface area contributed by atoms with Gasteiger partial charge in [-0.1, -0.05) is 37.0 Å². The van der Waals surface area contributed by atoms with Crippen LogP contribution in [0.15, 0.2) is 12.1 Å². The summed E-state index contributed by atoms with van der Waals surface area (Å²) in [6.07, 6.45) is 1.79. The van der Waals surface area contributed by atoms with Crippen LogP contribution in [0.25, 0.3) is 0 Å². The third-order valence-corrected chi connectivity index (χ3v) is 3.14. The van der Waals surface area contributed by atoms with Crippen LogP contribution in [0.3, 0.4) is 0 Å². The predicted octanol–water partition coefficient (Wildman–Crippen LogP) is 4.29.